The molecular weight excluding hydrogens is 285 g/mol. The van der Waals surface area contributed by atoms with E-state index >= 15 is 0 Å². The Morgan fingerprint density at radius 2 is 1.75 bits per heavy atom. The van der Waals surface area contributed by atoms with E-state index in [1.165, 1.54) is 8.00 Å². The summed E-state index contributed by atoms with van der Waals surface area (Å²) in [5.41, 5.74) is 0. The van der Waals surface area contributed by atoms with Crippen molar-refractivity contribution >= 4 is 40.9 Å². The second-order valence-corrected chi connectivity index (χ2v) is 12.4. The number of rotatable bonds is 0. The summed E-state index contributed by atoms with van der Waals surface area (Å²) in [6.07, 6.45) is 0. The topological polar surface area (TPSA) is 0 Å². The van der Waals surface area contributed by atoms with Crippen molar-refractivity contribution in [1.29, 1.82) is 0 Å². The third kappa shape index (κ3) is 8.93. The van der Waals surface area contributed by atoms with Crippen molar-refractivity contribution in [2.24, 2.45) is 0 Å². The summed E-state index contributed by atoms with van der Waals surface area (Å²) in [6, 6.07) is 0. The van der Waals surface area contributed by atoms with E-state index in [0.717, 1.165) is 16.8 Å². The molecule has 0 aromatic carbocycles. The van der Waals surface area contributed by atoms with Crippen LogP contribution >= 0.6 is 0 Å². The molecule has 0 radical (unpaired) electrons. The maximum absolute atomic E-state index is 2.56. The van der Waals surface area contributed by atoms with Crippen LogP contribution in [0.2, 0.25) is 0 Å². The Morgan fingerprint density at radius 1 is 1.75 bits per heavy atom. The van der Waals surface area contributed by atoms with Gasteiger partial charge in [0, 0.05) is 0 Å². The predicted octanol–water partition coefficient (Wildman–Crippen LogP) is -3.02. The Hall–Kier alpha value is 2.11. The average Bonchev–Trinajstić information content (AvgIpc) is 0.918. The van der Waals surface area contributed by atoms with Crippen molar-refractivity contribution in [3.8, 4) is 0 Å². The standard InChI is InChI=1S/Ag.Ga.H2Se.H3Si.3H/h;;1H2;1H3;;;/q+1;;;;;;/p-1. The molecule has 0 spiro atoms. The van der Waals surface area contributed by atoms with Gasteiger partial charge in [-0.15, -0.1) is 0 Å². The second kappa shape index (κ2) is 8.93. The first-order chi connectivity index (χ1) is 1.41. The van der Waals surface area contributed by atoms with Gasteiger partial charge in [0.15, 0.2) is 0 Å². The van der Waals surface area contributed by atoms with Gasteiger partial charge in [-0.25, -0.2) is 0 Å². The first-order valence-electron chi connectivity index (χ1n) is 0.436. The monoisotopic (exact) mass is 291 g/mol. The summed E-state index contributed by atoms with van der Waals surface area (Å²) < 4.78 is 0. The molecule has 0 N–H and O–H groups in total. The molecule has 0 aromatic rings. The van der Waals surface area contributed by atoms with E-state index in [9.17, 15) is 0 Å². The van der Waals surface area contributed by atoms with Gasteiger partial charge < -0.3 is 0 Å². The average molecular weight is 292 g/mol. The van der Waals surface area contributed by atoms with Crippen molar-refractivity contribution in [3.05, 3.63) is 0 Å². The fourth-order valence-corrected chi connectivity index (χ4v) is 0. The maximum atomic E-state index is 2.56. The Kier molecular flexibility index (Phi) is 21.1. The summed E-state index contributed by atoms with van der Waals surface area (Å²) in [5, 5.41) is 0. The van der Waals surface area contributed by atoms with Crippen LogP contribution in [0.15, 0.2) is 0 Å². The van der Waals surface area contributed by atoms with E-state index in [-0.39, 0.29) is 19.8 Å². The minimum absolute atomic E-state index is 0. The molecule has 0 atom stereocenters. The van der Waals surface area contributed by atoms with Crippen LogP contribution in [0.5, 0.6) is 0 Å². The van der Waals surface area contributed by atoms with Crippen molar-refractivity contribution in [1.82, 2.24) is 0 Å². The van der Waals surface area contributed by atoms with Gasteiger partial charge >= 0.3 is 57.7 Å². The van der Waals surface area contributed by atoms with Gasteiger partial charge in [-0.3, -0.25) is 0 Å². The van der Waals surface area contributed by atoms with Gasteiger partial charge in [-0.2, -0.15) is 0 Å². The zero-order chi connectivity index (χ0) is 2.71. The first kappa shape index (κ1) is 9.45. The molecular formula is H7AgGaSeSi. The predicted molar refractivity (Wildman–Crippen MR) is 27.0 cm³/mol. The molecule has 0 saturated carbocycles. The van der Waals surface area contributed by atoms with E-state index < -0.39 is 0 Å². The molecule has 0 nitrogen and oxygen atoms in total. The van der Waals surface area contributed by atoms with Crippen LogP contribution in [-0.4, -0.2) is 40.9 Å². The van der Waals surface area contributed by atoms with Gasteiger partial charge in [-0.1, -0.05) is 0 Å². The van der Waals surface area contributed by atoms with E-state index in [1.807, 2.05) is 0 Å². The molecule has 0 heterocycles. The third-order valence-electron chi connectivity index (χ3n) is 0. The molecule has 0 fully saturated rings. The van der Waals surface area contributed by atoms with Crippen LogP contribution in [0.25, 0.3) is 0 Å². The molecule has 0 aliphatic heterocycles. The molecule has 0 amide bonds. The summed E-state index contributed by atoms with van der Waals surface area (Å²) in [6.45, 7) is 0. The van der Waals surface area contributed by atoms with Gasteiger partial charge in [0.25, 0.3) is 0 Å². The Labute approximate surface area is 57.1 Å². The van der Waals surface area contributed by atoms with Crippen LogP contribution in [0.4, 0.5) is 0 Å². The van der Waals surface area contributed by atoms with Crippen LogP contribution in [0.1, 0.15) is 0 Å². The number of hydrogen-bond acceptors (Lipinski definition) is 0. The normalized spacial score (nSPS) is 6.25. The summed E-state index contributed by atoms with van der Waals surface area (Å²) in [4.78, 5) is 0. The van der Waals surface area contributed by atoms with E-state index in [4.69, 9.17) is 0 Å². The SMILES string of the molecule is [GaH3].[SiH3][Ag][SeH]. The van der Waals surface area contributed by atoms with Gasteiger partial charge in [-0.05, 0) is 0 Å². The molecule has 4 heavy (non-hydrogen) atoms. The van der Waals surface area contributed by atoms with E-state index in [1.54, 1.807) is 0 Å². The first-order valence-corrected chi connectivity index (χ1v) is 9.50. The van der Waals surface area contributed by atoms with Crippen LogP contribution in [0.3, 0.4) is 0 Å². The van der Waals surface area contributed by atoms with Crippen LogP contribution in [0, 0.1) is 0 Å². The molecule has 31 valence electrons. The van der Waals surface area contributed by atoms with E-state index in [0.29, 0.717) is 0 Å². The summed E-state index contributed by atoms with van der Waals surface area (Å²) in [5.74, 6) is 0. The minimum atomic E-state index is 0. The fraction of sp³-hybridized carbons (Fsp3) is 0. The van der Waals surface area contributed by atoms with Crippen LogP contribution < -0.4 is 0 Å². The summed E-state index contributed by atoms with van der Waals surface area (Å²) >= 11 is 3.70. The molecule has 0 saturated heterocycles. The Morgan fingerprint density at radius 3 is 1.75 bits per heavy atom. The molecule has 0 bridgehead atoms. The molecule has 0 rings (SSSR count). The molecule has 4 heteroatoms. The second-order valence-electron chi connectivity index (χ2n) is 0.135. The Bertz CT molecular complexity index is 8.00. The number of hydrogen-bond donors (Lipinski definition) is 0. The molecule has 0 unspecified atom stereocenters. The van der Waals surface area contributed by atoms with Crippen molar-refractivity contribution in [3.63, 3.8) is 0 Å². The van der Waals surface area contributed by atoms with Gasteiger partial charge in [0.1, 0.15) is 0 Å². The zero-order valence-electron chi connectivity index (χ0n) is 1.75. The van der Waals surface area contributed by atoms with Crippen molar-refractivity contribution < 1.29 is 16.8 Å². The van der Waals surface area contributed by atoms with Gasteiger partial charge in [0.05, 0.1) is 0 Å². The van der Waals surface area contributed by atoms with Crippen molar-refractivity contribution in [2.75, 3.05) is 0 Å². The molecule has 0 aromatic heterocycles. The molecule has 0 aliphatic rings. The Balaban J connectivity index is 0. The zero-order valence-corrected chi connectivity index (χ0v) is 7.11. The van der Waals surface area contributed by atoms with Gasteiger partial charge in [0.2, 0.25) is 0 Å². The van der Waals surface area contributed by atoms with Crippen molar-refractivity contribution in [2.45, 2.75) is 0 Å². The van der Waals surface area contributed by atoms with E-state index in [2.05, 4.69) is 13.1 Å². The molecule has 0 aliphatic carbocycles. The third-order valence-corrected chi connectivity index (χ3v) is 0. The summed E-state index contributed by atoms with van der Waals surface area (Å²) in [7, 11) is 1.37. The van der Waals surface area contributed by atoms with Crippen LogP contribution in [-0.2, 0) is 16.8 Å². The quantitative estimate of drug-likeness (QED) is 0.417. The fourth-order valence-electron chi connectivity index (χ4n) is 0.